The van der Waals surface area contributed by atoms with Gasteiger partial charge in [-0.15, -0.1) is 0 Å². The van der Waals surface area contributed by atoms with Crippen molar-refractivity contribution in [2.75, 3.05) is 11.9 Å². The first kappa shape index (κ1) is 15.9. The first-order valence-electron chi connectivity index (χ1n) is 7.36. The molecule has 116 valence electrons. The van der Waals surface area contributed by atoms with Crippen LogP contribution >= 0.6 is 0 Å². The van der Waals surface area contributed by atoms with E-state index in [0.29, 0.717) is 18.0 Å². The molecule has 0 saturated heterocycles. The summed E-state index contributed by atoms with van der Waals surface area (Å²) < 4.78 is 11.1. The van der Waals surface area contributed by atoms with Gasteiger partial charge in [-0.3, -0.25) is 4.79 Å². The number of aryl methyl sites for hydroxylation is 1. The van der Waals surface area contributed by atoms with Crippen molar-refractivity contribution < 1.29 is 14.3 Å². The summed E-state index contributed by atoms with van der Waals surface area (Å²) in [6.07, 6.45) is -0.586. The third kappa shape index (κ3) is 4.25. The Labute approximate surface area is 131 Å². The van der Waals surface area contributed by atoms with E-state index >= 15 is 0 Å². The van der Waals surface area contributed by atoms with Crippen LogP contribution in [0.4, 0.5) is 5.69 Å². The molecule has 0 aliphatic heterocycles. The monoisotopic (exact) mass is 299 g/mol. The second kappa shape index (κ2) is 7.50. The van der Waals surface area contributed by atoms with Crippen LogP contribution in [0.25, 0.3) is 0 Å². The number of anilines is 1. The molecule has 4 heteroatoms. The minimum absolute atomic E-state index is 0.197. The molecule has 2 aromatic carbocycles. The van der Waals surface area contributed by atoms with Gasteiger partial charge in [0.2, 0.25) is 0 Å². The molecule has 0 radical (unpaired) electrons. The lowest BCUT2D eigenvalue weighted by molar-refractivity contribution is -0.122. The van der Waals surface area contributed by atoms with Gasteiger partial charge in [-0.25, -0.2) is 0 Å². The average Bonchev–Trinajstić information content (AvgIpc) is 2.50. The van der Waals surface area contributed by atoms with Crippen LogP contribution in [-0.4, -0.2) is 18.6 Å². The highest BCUT2D eigenvalue weighted by Gasteiger charge is 2.15. The predicted octanol–water partition coefficient (Wildman–Crippen LogP) is 3.80. The molecule has 1 amide bonds. The summed E-state index contributed by atoms with van der Waals surface area (Å²) in [5.41, 5.74) is 1.69. The molecule has 1 N–H and O–H groups in total. The Kier molecular flexibility index (Phi) is 5.42. The molecule has 2 rings (SSSR count). The molecule has 0 spiro atoms. The van der Waals surface area contributed by atoms with Crippen LogP contribution in [0.2, 0.25) is 0 Å². The maximum absolute atomic E-state index is 12.2. The number of hydrogen-bond acceptors (Lipinski definition) is 3. The van der Waals surface area contributed by atoms with Crippen LogP contribution in [0.3, 0.4) is 0 Å². The van der Waals surface area contributed by atoms with Crippen molar-refractivity contribution >= 4 is 11.6 Å². The molecule has 0 fully saturated rings. The number of para-hydroxylation sites is 1. The van der Waals surface area contributed by atoms with Gasteiger partial charge in [0, 0.05) is 11.8 Å². The third-order valence-electron chi connectivity index (χ3n) is 3.18. The number of carbonyl (C=O) groups is 1. The number of carbonyl (C=O) groups excluding carboxylic acids is 1. The van der Waals surface area contributed by atoms with Crippen LogP contribution < -0.4 is 14.8 Å². The molecule has 4 nitrogen and oxygen atoms in total. The Morgan fingerprint density at radius 2 is 1.95 bits per heavy atom. The molecule has 0 saturated carbocycles. The predicted molar refractivity (Wildman–Crippen MR) is 87.5 cm³/mol. The highest BCUT2D eigenvalue weighted by Crippen LogP contribution is 2.20. The van der Waals surface area contributed by atoms with Gasteiger partial charge >= 0.3 is 0 Å². The van der Waals surface area contributed by atoms with Gasteiger partial charge in [-0.2, -0.15) is 0 Å². The molecule has 0 aromatic heterocycles. The molecule has 22 heavy (non-hydrogen) atoms. The highest BCUT2D eigenvalue weighted by molar-refractivity contribution is 5.94. The topological polar surface area (TPSA) is 47.6 Å². The Balaban J connectivity index is 1.99. The third-order valence-corrected chi connectivity index (χ3v) is 3.18. The Morgan fingerprint density at radius 3 is 2.68 bits per heavy atom. The number of rotatable bonds is 6. The standard InChI is InChI=1S/C18H21NO3/c1-4-21-16-10-7-9-15(12-16)19-18(20)14(3)22-17-11-6-5-8-13(17)2/h5-12,14H,4H2,1-3H3,(H,19,20). The minimum atomic E-state index is -0.586. The zero-order chi connectivity index (χ0) is 15.9. The van der Waals surface area contributed by atoms with Gasteiger partial charge in [-0.1, -0.05) is 24.3 Å². The lowest BCUT2D eigenvalue weighted by Gasteiger charge is -2.16. The molecule has 1 unspecified atom stereocenters. The summed E-state index contributed by atoms with van der Waals surface area (Å²) >= 11 is 0. The average molecular weight is 299 g/mol. The zero-order valence-electron chi connectivity index (χ0n) is 13.1. The van der Waals surface area contributed by atoms with E-state index in [0.717, 1.165) is 11.3 Å². The zero-order valence-corrected chi connectivity index (χ0v) is 13.1. The molecular formula is C18H21NO3. The van der Waals surface area contributed by atoms with Crippen LogP contribution in [0, 0.1) is 6.92 Å². The van der Waals surface area contributed by atoms with Crippen LogP contribution in [-0.2, 0) is 4.79 Å². The fraction of sp³-hybridized carbons (Fsp3) is 0.278. The summed E-state index contributed by atoms with van der Waals surface area (Å²) in [5, 5.41) is 2.84. The van der Waals surface area contributed by atoms with Crippen molar-refractivity contribution in [3.63, 3.8) is 0 Å². The van der Waals surface area contributed by atoms with Crippen molar-refractivity contribution in [3.8, 4) is 11.5 Å². The molecule has 0 bridgehead atoms. The Morgan fingerprint density at radius 1 is 1.18 bits per heavy atom. The van der Waals surface area contributed by atoms with Crippen molar-refractivity contribution in [1.82, 2.24) is 0 Å². The number of hydrogen-bond donors (Lipinski definition) is 1. The second-order valence-corrected chi connectivity index (χ2v) is 4.98. The smallest absolute Gasteiger partial charge is 0.265 e. The van der Waals surface area contributed by atoms with Crippen LogP contribution in [0.5, 0.6) is 11.5 Å². The van der Waals surface area contributed by atoms with Crippen molar-refractivity contribution in [1.29, 1.82) is 0 Å². The fourth-order valence-corrected chi connectivity index (χ4v) is 2.01. The number of ether oxygens (including phenoxy) is 2. The Hall–Kier alpha value is -2.49. The molecule has 2 aromatic rings. The summed E-state index contributed by atoms with van der Waals surface area (Å²) in [7, 11) is 0. The Bertz CT molecular complexity index is 640. The van der Waals surface area contributed by atoms with Crippen LogP contribution in [0.15, 0.2) is 48.5 Å². The largest absolute Gasteiger partial charge is 0.494 e. The van der Waals surface area contributed by atoms with E-state index in [4.69, 9.17) is 9.47 Å². The summed E-state index contributed by atoms with van der Waals surface area (Å²) in [4.78, 5) is 12.2. The summed E-state index contributed by atoms with van der Waals surface area (Å²) in [6, 6.07) is 14.9. The molecule has 0 heterocycles. The SMILES string of the molecule is CCOc1cccc(NC(=O)C(C)Oc2ccccc2C)c1. The van der Waals surface area contributed by atoms with Gasteiger partial charge in [0.15, 0.2) is 6.10 Å². The fourth-order valence-electron chi connectivity index (χ4n) is 2.01. The van der Waals surface area contributed by atoms with Gasteiger partial charge in [0.05, 0.1) is 6.61 Å². The number of benzene rings is 2. The summed E-state index contributed by atoms with van der Waals surface area (Å²) in [6.45, 7) is 6.19. The lowest BCUT2D eigenvalue weighted by Crippen LogP contribution is -2.30. The van der Waals surface area contributed by atoms with Crippen molar-refractivity contribution in [3.05, 3.63) is 54.1 Å². The van der Waals surface area contributed by atoms with E-state index in [2.05, 4.69) is 5.32 Å². The van der Waals surface area contributed by atoms with Gasteiger partial charge in [0.25, 0.3) is 5.91 Å². The molecular weight excluding hydrogens is 278 g/mol. The van der Waals surface area contributed by atoms with Gasteiger partial charge in [-0.05, 0) is 44.5 Å². The number of nitrogens with one attached hydrogen (secondary N) is 1. The summed E-state index contributed by atoms with van der Waals surface area (Å²) in [5.74, 6) is 1.25. The van der Waals surface area contributed by atoms with E-state index in [9.17, 15) is 4.79 Å². The number of amides is 1. The second-order valence-electron chi connectivity index (χ2n) is 4.98. The highest BCUT2D eigenvalue weighted by atomic mass is 16.5. The van der Waals surface area contributed by atoms with E-state index < -0.39 is 6.10 Å². The van der Waals surface area contributed by atoms with E-state index in [1.165, 1.54) is 0 Å². The van der Waals surface area contributed by atoms with Crippen LogP contribution in [0.1, 0.15) is 19.4 Å². The normalized spacial score (nSPS) is 11.6. The minimum Gasteiger partial charge on any atom is -0.494 e. The molecule has 1 atom stereocenters. The van der Waals surface area contributed by atoms with Crippen molar-refractivity contribution in [2.45, 2.75) is 26.9 Å². The van der Waals surface area contributed by atoms with Crippen molar-refractivity contribution in [2.24, 2.45) is 0 Å². The first-order chi connectivity index (χ1) is 10.6. The lowest BCUT2D eigenvalue weighted by atomic mass is 10.2. The van der Waals surface area contributed by atoms with Gasteiger partial charge in [0.1, 0.15) is 11.5 Å². The maximum Gasteiger partial charge on any atom is 0.265 e. The quantitative estimate of drug-likeness (QED) is 0.882. The molecule has 0 aliphatic carbocycles. The maximum atomic E-state index is 12.2. The van der Waals surface area contributed by atoms with E-state index in [1.807, 2.05) is 56.3 Å². The first-order valence-corrected chi connectivity index (χ1v) is 7.36. The molecule has 0 aliphatic rings. The van der Waals surface area contributed by atoms with Gasteiger partial charge < -0.3 is 14.8 Å². The van der Waals surface area contributed by atoms with E-state index in [-0.39, 0.29) is 5.91 Å². The van der Waals surface area contributed by atoms with E-state index in [1.54, 1.807) is 13.0 Å².